The summed E-state index contributed by atoms with van der Waals surface area (Å²) >= 11 is 0. The summed E-state index contributed by atoms with van der Waals surface area (Å²) < 4.78 is 10.2. The third-order valence-electron chi connectivity index (χ3n) is 2.33. The highest BCUT2D eigenvalue weighted by atomic mass is 16.5. The summed E-state index contributed by atoms with van der Waals surface area (Å²) in [6, 6.07) is 0. The Kier molecular flexibility index (Phi) is 4.98. The average Bonchev–Trinajstić information content (AvgIpc) is 2.80. The molecule has 0 spiro atoms. The van der Waals surface area contributed by atoms with Crippen molar-refractivity contribution < 1.29 is 23.9 Å². The summed E-state index contributed by atoms with van der Waals surface area (Å²) in [6.45, 7) is -0.160. The second kappa shape index (κ2) is 6.47. The molecule has 1 rings (SSSR count). The van der Waals surface area contributed by atoms with E-state index in [1.807, 2.05) is 0 Å². The minimum absolute atomic E-state index is 0.114. The quantitative estimate of drug-likeness (QED) is 0.649. The van der Waals surface area contributed by atoms with Crippen molar-refractivity contribution >= 4 is 17.8 Å². The minimum atomic E-state index is -0.734. The van der Waals surface area contributed by atoms with Crippen LogP contribution in [0.15, 0.2) is 0 Å². The lowest BCUT2D eigenvalue weighted by Crippen LogP contribution is -2.26. The summed E-state index contributed by atoms with van der Waals surface area (Å²) in [5.41, 5.74) is 0.0547. The van der Waals surface area contributed by atoms with Crippen LogP contribution in [-0.2, 0) is 32.0 Å². The zero-order valence-electron chi connectivity index (χ0n) is 10.8. The molecule has 1 heterocycles. The Morgan fingerprint density at radius 1 is 1.26 bits per heavy atom. The van der Waals surface area contributed by atoms with Gasteiger partial charge in [0.25, 0.3) is 0 Å². The maximum Gasteiger partial charge on any atom is 0.360 e. The van der Waals surface area contributed by atoms with Gasteiger partial charge in [0.15, 0.2) is 5.69 Å². The zero-order chi connectivity index (χ0) is 14.4. The molecule has 1 aromatic heterocycles. The van der Waals surface area contributed by atoms with Gasteiger partial charge in [0, 0.05) is 7.05 Å². The number of nitrogens with zero attached hydrogens (tertiary/aromatic N) is 3. The van der Waals surface area contributed by atoms with E-state index in [1.165, 1.54) is 21.3 Å². The summed E-state index contributed by atoms with van der Waals surface area (Å²) in [5.74, 6) is -1.65. The van der Waals surface area contributed by atoms with Crippen molar-refractivity contribution in [3.63, 3.8) is 0 Å². The lowest BCUT2D eigenvalue weighted by molar-refractivity contribution is -0.140. The Morgan fingerprint density at radius 2 is 1.95 bits per heavy atom. The summed E-state index contributed by atoms with van der Waals surface area (Å²) in [4.78, 5) is 34.1. The molecule has 1 aromatic rings. The SMILES string of the molecule is CNC(=O)Cn1nnc(C(=O)OC)c1CC(=O)OC. The maximum atomic E-state index is 11.5. The van der Waals surface area contributed by atoms with Gasteiger partial charge >= 0.3 is 11.9 Å². The first-order valence-electron chi connectivity index (χ1n) is 5.31. The van der Waals surface area contributed by atoms with Gasteiger partial charge in [-0.3, -0.25) is 9.59 Å². The average molecular weight is 270 g/mol. The van der Waals surface area contributed by atoms with Gasteiger partial charge in [-0.1, -0.05) is 5.21 Å². The molecule has 0 bridgehead atoms. The number of amides is 1. The largest absolute Gasteiger partial charge is 0.469 e. The van der Waals surface area contributed by atoms with E-state index in [2.05, 4.69) is 25.1 Å². The number of hydrogen-bond donors (Lipinski definition) is 1. The summed E-state index contributed by atoms with van der Waals surface area (Å²) in [5, 5.41) is 9.67. The first-order valence-corrected chi connectivity index (χ1v) is 5.31. The molecule has 0 saturated heterocycles. The molecule has 0 aromatic carbocycles. The first-order chi connectivity index (χ1) is 9.03. The molecule has 0 atom stereocenters. The normalized spacial score (nSPS) is 9.84. The minimum Gasteiger partial charge on any atom is -0.469 e. The van der Waals surface area contributed by atoms with Crippen molar-refractivity contribution in [2.24, 2.45) is 0 Å². The van der Waals surface area contributed by atoms with E-state index < -0.39 is 11.9 Å². The number of rotatable bonds is 5. The fraction of sp³-hybridized carbons (Fsp3) is 0.500. The van der Waals surface area contributed by atoms with Gasteiger partial charge in [-0.25, -0.2) is 9.48 Å². The molecule has 9 nitrogen and oxygen atoms in total. The predicted octanol–water partition coefficient (Wildman–Crippen LogP) is -1.47. The van der Waals surface area contributed by atoms with Gasteiger partial charge in [0.05, 0.1) is 26.3 Å². The lowest BCUT2D eigenvalue weighted by atomic mass is 10.2. The van der Waals surface area contributed by atoms with E-state index in [4.69, 9.17) is 0 Å². The van der Waals surface area contributed by atoms with Crippen molar-refractivity contribution in [2.45, 2.75) is 13.0 Å². The third-order valence-corrected chi connectivity index (χ3v) is 2.33. The first kappa shape index (κ1) is 14.6. The van der Waals surface area contributed by atoms with Gasteiger partial charge < -0.3 is 14.8 Å². The molecule has 1 N–H and O–H groups in total. The molecule has 104 valence electrons. The Bertz CT molecular complexity index is 496. The fourth-order valence-electron chi connectivity index (χ4n) is 1.31. The smallest absolute Gasteiger partial charge is 0.360 e. The van der Waals surface area contributed by atoms with Gasteiger partial charge in [-0.05, 0) is 0 Å². The van der Waals surface area contributed by atoms with Crippen LogP contribution in [0.4, 0.5) is 0 Å². The highest BCUT2D eigenvalue weighted by Crippen LogP contribution is 2.09. The molecule has 9 heteroatoms. The number of esters is 2. The Hall–Kier alpha value is -2.45. The fourth-order valence-corrected chi connectivity index (χ4v) is 1.31. The van der Waals surface area contributed by atoms with E-state index in [0.29, 0.717) is 0 Å². The monoisotopic (exact) mass is 270 g/mol. The van der Waals surface area contributed by atoms with E-state index >= 15 is 0 Å². The molecule has 0 aliphatic rings. The third kappa shape index (κ3) is 3.50. The topological polar surface area (TPSA) is 112 Å². The number of nitrogens with one attached hydrogen (secondary N) is 1. The Morgan fingerprint density at radius 3 is 2.47 bits per heavy atom. The predicted molar refractivity (Wildman–Crippen MR) is 61.1 cm³/mol. The van der Waals surface area contributed by atoms with Gasteiger partial charge in [-0.2, -0.15) is 0 Å². The van der Waals surface area contributed by atoms with E-state index in [-0.39, 0.29) is 30.3 Å². The van der Waals surface area contributed by atoms with Crippen LogP contribution < -0.4 is 5.32 Å². The molecule has 0 aliphatic carbocycles. The molecular formula is C10H14N4O5. The molecule has 1 amide bonds. The van der Waals surface area contributed by atoms with Crippen molar-refractivity contribution in [3.8, 4) is 0 Å². The van der Waals surface area contributed by atoms with Crippen LogP contribution >= 0.6 is 0 Å². The second-order valence-electron chi connectivity index (χ2n) is 3.46. The standard InChI is InChI=1S/C10H14N4O5/c1-11-7(15)5-14-6(4-8(16)18-2)9(12-13-14)10(17)19-3/h4-5H2,1-3H3,(H,11,15). The Labute approximate surface area is 108 Å². The van der Waals surface area contributed by atoms with Gasteiger partial charge in [0.1, 0.15) is 6.54 Å². The maximum absolute atomic E-state index is 11.5. The number of likely N-dealkylation sites (N-methyl/N-ethyl adjacent to an activating group) is 1. The van der Waals surface area contributed by atoms with Crippen LogP contribution in [0.25, 0.3) is 0 Å². The molecule has 19 heavy (non-hydrogen) atoms. The molecule has 0 radical (unpaired) electrons. The molecule has 0 fully saturated rings. The van der Waals surface area contributed by atoms with E-state index in [9.17, 15) is 14.4 Å². The number of carbonyl (C=O) groups excluding carboxylic acids is 3. The van der Waals surface area contributed by atoms with Crippen LogP contribution in [0.5, 0.6) is 0 Å². The molecule has 0 aliphatic heterocycles. The zero-order valence-corrected chi connectivity index (χ0v) is 10.8. The number of methoxy groups -OCH3 is 2. The van der Waals surface area contributed by atoms with Gasteiger partial charge in [-0.15, -0.1) is 5.10 Å². The molecule has 0 unspecified atom stereocenters. The lowest BCUT2D eigenvalue weighted by Gasteiger charge is -2.05. The van der Waals surface area contributed by atoms with E-state index in [1.54, 1.807) is 0 Å². The van der Waals surface area contributed by atoms with Crippen molar-refractivity contribution in [2.75, 3.05) is 21.3 Å². The molecular weight excluding hydrogens is 256 g/mol. The Balaban J connectivity index is 3.09. The number of carbonyl (C=O) groups is 3. The van der Waals surface area contributed by atoms with Crippen LogP contribution in [-0.4, -0.2) is 54.1 Å². The van der Waals surface area contributed by atoms with Crippen LogP contribution in [0, 0.1) is 0 Å². The van der Waals surface area contributed by atoms with E-state index in [0.717, 1.165) is 4.68 Å². The van der Waals surface area contributed by atoms with Gasteiger partial charge in [0.2, 0.25) is 5.91 Å². The van der Waals surface area contributed by atoms with Crippen LogP contribution in [0.1, 0.15) is 16.2 Å². The highest BCUT2D eigenvalue weighted by molar-refractivity contribution is 5.90. The highest BCUT2D eigenvalue weighted by Gasteiger charge is 2.23. The number of aromatic nitrogens is 3. The van der Waals surface area contributed by atoms with Crippen molar-refractivity contribution in [1.82, 2.24) is 20.3 Å². The number of ether oxygens (including phenoxy) is 2. The van der Waals surface area contributed by atoms with Crippen LogP contribution in [0.2, 0.25) is 0 Å². The number of hydrogen-bond acceptors (Lipinski definition) is 7. The molecule has 0 saturated carbocycles. The van der Waals surface area contributed by atoms with Crippen molar-refractivity contribution in [1.29, 1.82) is 0 Å². The van der Waals surface area contributed by atoms with Crippen LogP contribution in [0.3, 0.4) is 0 Å². The van der Waals surface area contributed by atoms with Crippen molar-refractivity contribution in [3.05, 3.63) is 11.4 Å². The summed E-state index contributed by atoms with van der Waals surface area (Å²) in [6.07, 6.45) is -0.231. The summed E-state index contributed by atoms with van der Waals surface area (Å²) in [7, 11) is 3.86. The second-order valence-corrected chi connectivity index (χ2v) is 3.46.